The molecule has 0 radical (unpaired) electrons. The predicted octanol–water partition coefficient (Wildman–Crippen LogP) is 1.64. The highest BCUT2D eigenvalue weighted by atomic mass is 16.5. The van der Waals surface area contributed by atoms with Gasteiger partial charge in [0.2, 0.25) is 0 Å². The Balaban J connectivity index is 2.33. The molecule has 4 heteroatoms. The summed E-state index contributed by atoms with van der Waals surface area (Å²) >= 11 is 0. The van der Waals surface area contributed by atoms with Crippen molar-refractivity contribution in [2.24, 2.45) is 0 Å². The second-order valence-electron chi connectivity index (χ2n) is 4.59. The molecule has 2 aliphatic rings. The largest absolute Gasteiger partial charge is 0.377 e. The minimum atomic E-state index is 0.246. The zero-order chi connectivity index (χ0) is 11.7. The van der Waals surface area contributed by atoms with Crippen LogP contribution < -0.4 is 5.53 Å². The average Bonchev–Trinajstić information content (AvgIpc) is 2.57. The Morgan fingerprint density at radius 2 is 2.19 bits per heavy atom. The molecule has 1 atom stereocenters. The fraction of sp³-hybridized carbons (Fsp3) is 0.667. The number of nitrogens with zero attached hydrogens (tertiary/aromatic N) is 2. The van der Waals surface area contributed by atoms with Gasteiger partial charge in [-0.25, -0.2) is 0 Å². The Morgan fingerprint density at radius 3 is 2.75 bits per heavy atom. The molecule has 0 spiro atoms. The molecule has 0 bridgehead atoms. The summed E-state index contributed by atoms with van der Waals surface area (Å²) in [7, 11) is 5.84. The van der Waals surface area contributed by atoms with Crippen LogP contribution in [0.1, 0.15) is 26.2 Å². The van der Waals surface area contributed by atoms with Gasteiger partial charge in [0.25, 0.3) is 0 Å². The summed E-state index contributed by atoms with van der Waals surface area (Å²) in [5.41, 5.74) is 7.25. The van der Waals surface area contributed by atoms with Crippen molar-refractivity contribution in [1.82, 2.24) is 15.6 Å². The van der Waals surface area contributed by atoms with Gasteiger partial charge in [-0.1, -0.05) is 5.57 Å². The van der Waals surface area contributed by atoms with Crippen molar-refractivity contribution in [1.29, 1.82) is 0 Å². The molecule has 16 heavy (non-hydrogen) atoms. The van der Waals surface area contributed by atoms with Gasteiger partial charge < -0.3 is 4.74 Å². The van der Waals surface area contributed by atoms with Crippen LogP contribution in [-0.2, 0) is 4.74 Å². The first-order valence-corrected chi connectivity index (χ1v) is 5.81. The lowest BCUT2D eigenvalue weighted by atomic mass is 9.88. The molecule has 0 aromatic heterocycles. The summed E-state index contributed by atoms with van der Waals surface area (Å²) in [6.45, 7) is 2.22. The molecule has 0 fully saturated rings. The summed E-state index contributed by atoms with van der Waals surface area (Å²) < 4.78 is 5.60. The molecule has 1 heterocycles. The number of hydrogen-bond donors (Lipinski definition) is 1. The standard InChI is InChI=1S/C12H21N3O/c1-9-6-5-7-11(16-4)12(9)10-8-14(2)13-15(10)3/h8,11,13H,5-7H2,1-4H3. The Kier molecular flexibility index (Phi) is 3.21. The van der Waals surface area contributed by atoms with Crippen LogP contribution in [0.25, 0.3) is 0 Å². The highest BCUT2D eigenvalue weighted by Gasteiger charge is 2.28. The van der Waals surface area contributed by atoms with Crippen LogP contribution in [-0.4, -0.2) is 37.3 Å². The normalized spacial score (nSPS) is 26.5. The minimum absolute atomic E-state index is 0.246. The molecular formula is C12H21N3O. The van der Waals surface area contributed by atoms with Crippen LogP contribution in [0.15, 0.2) is 23.0 Å². The fourth-order valence-electron chi connectivity index (χ4n) is 2.57. The Bertz CT molecular complexity index is 335. The molecule has 0 aromatic carbocycles. The molecule has 1 N–H and O–H groups in total. The van der Waals surface area contributed by atoms with Crippen LogP contribution in [0.2, 0.25) is 0 Å². The van der Waals surface area contributed by atoms with Gasteiger partial charge in [-0.3, -0.25) is 10.0 Å². The van der Waals surface area contributed by atoms with E-state index in [0.717, 1.165) is 6.42 Å². The molecule has 0 amide bonds. The van der Waals surface area contributed by atoms with Crippen LogP contribution in [0, 0.1) is 0 Å². The third-order valence-electron chi connectivity index (χ3n) is 3.35. The van der Waals surface area contributed by atoms with E-state index in [1.54, 1.807) is 7.11 Å². The van der Waals surface area contributed by atoms with Crippen molar-refractivity contribution in [3.63, 3.8) is 0 Å². The average molecular weight is 223 g/mol. The third-order valence-corrected chi connectivity index (χ3v) is 3.35. The molecule has 1 aliphatic carbocycles. The van der Waals surface area contributed by atoms with Gasteiger partial charge in [0.15, 0.2) is 0 Å². The van der Waals surface area contributed by atoms with Crippen molar-refractivity contribution in [2.75, 3.05) is 21.2 Å². The molecule has 0 aromatic rings. The molecule has 2 rings (SSSR count). The second-order valence-corrected chi connectivity index (χ2v) is 4.59. The predicted molar refractivity (Wildman–Crippen MR) is 64.1 cm³/mol. The van der Waals surface area contributed by atoms with Crippen molar-refractivity contribution < 1.29 is 4.74 Å². The van der Waals surface area contributed by atoms with Gasteiger partial charge in [0.05, 0.1) is 11.8 Å². The van der Waals surface area contributed by atoms with E-state index in [1.807, 2.05) is 19.1 Å². The summed E-state index contributed by atoms with van der Waals surface area (Å²) in [5, 5.41) is 4.02. The van der Waals surface area contributed by atoms with Gasteiger partial charge in [-0.05, 0) is 26.2 Å². The van der Waals surface area contributed by atoms with Gasteiger partial charge in [0.1, 0.15) is 0 Å². The first kappa shape index (κ1) is 11.5. The maximum Gasteiger partial charge on any atom is 0.0841 e. The Labute approximate surface area is 97.5 Å². The molecule has 4 nitrogen and oxygen atoms in total. The zero-order valence-corrected chi connectivity index (χ0v) is 10.6. The number of hydrazine groups is 2. The van der Waals surface area contributed by atoms with Crippen molar-refractivity contribution in [3.05, 3.63) is 23.0 Å². The van der Waals surface area contributed by atoms with E-state index < -0.39 is 0 Å². The van der Waals surface area contributed by atoms with Gasteiger partial charge in [-0.15, -0.1) is 5.53 Å². The molecule has 0 saturated carbocycles. The molecule has 90 valence electrons. The van der Waals surface area contributed by atoms with Crippen LogP contribution >= 0.6 is 0 Å². The van der Waals surface area contributed by atoms with E-state index in [2.05, 4.69) is 23.7 Å². The molecule has 0 saturated heterocycles. The number of allylic oxidation sites excluding steroid dienone is 1. The number of likely N-dealkylation sites (N-methyl/N-ethyl adjacent to an activating group) is 1. The third kappa shape index (κ3) is 1.95. The Morgan fingerprint density at radius 1 is 1.44 bits per heavy atom. The van der Waals surface area contributed by atoms with Gasteiger partial charge in [0, 0.05) is 33.0 Å². The zero-order valence-electron chi connectivity index (χ0n) is 10.6. The molecule has 1 aliphatic heterocycles. The van der Waals surface area contributed by atoms with Crippen LogP contribution in [0.3, 0.4) is 0 Å². The number of methoxy groups -OCH3 is 1. The quantitative estimate of drug-likeness (QED) is 0.770. The lowest BCUT2D eigenvalue weighted by Crippen LogP contribution is -2.37. The van der Waals surface area contributed by atoms with Crippen molar-refractivity contribution in [3.8, 4) is 0 Å². The minimum Gasteiger partial charge on any atom is -0.377 e. The highest BCUT2D eigenvalue weighted by molar-refractivity contribution is 5.38. The van der Waals surface area contributed by atoms with Crippen molar-refractivity contribution >= 4 is 0 Å². The first-order chi connectivity index (χ1) is 7.63. The van der Waals surface area contributed by atoms with E-state index in [9.17, 15) is 0 Å². The maximum atomic E-state index is 5.60. The summed E-state index contributed by atoms with van der Waals surface area (Å²) in [6.07, 6.45) is 5.91. The molecular weight excluding hydrogens is 202 g/mol. The van der Waals surface area contributed by atoms with E-state index in [4.69, 9.17) is 4.74 Å². The van der Waals surface area contributed by atoms with E-state index >= 15 is 0 Å². The lowest BCUT2D eigenvalue weighted by Gasteiger charge is -2.29. The summed E-state index contributed by atoms with van der Waals surface area (Å²) in [6, 6.07) is 0. The topological polar surface area (TPSA) is 27.7 Å². The Hall–Kier alpha value is -1.00. The second kappa shape index (κ2) is 4.47. The fourth-order valence-corrected chi connectivity index (χ4v) is 2.57. The van der Waals surface area contributed by atoms with E-state index in [1.165, 1.54) is 29.7 Å². The molecule has 1 unspecified atom stereocenters. The van der Waals surface area contributed by atoms with Crippen LogP contribution in [0.5, 0.6) is 0 Å². The number of hydrogen-bond acceptors (Lipinski definition) is 4. The van der Waals surface area contributed by atoms with E-state index in [0.29, 0.717) is 0 Å². The number of nitrogens with one attached hydrogen (secondary N) is 1. The van der Waals surface area contributed by atoms with Crippen LogP contribution in [0.4, 0.5) is 0 Å². The SMILES string of the molecule is COC1CCCC(C)=C1C1=CN(C)NN1C. The smallest absolute Gasteiger partial charge is 0.0841 e. The van der Waals surface area contributed by atoms with Gasteiger partial charge >= 0.3 is 0 Å². The van der Waals surface area contributed by atoms with Gasteiger partial charge in [-0.2, -0.15) is 0 Å². The lowest BCUT2D eigenvalue weighted by molar-refractivity contribution is 0.111. The number of ether oxygens (including phenoxy) is 1. The van der Waals surface area contributed by atoms with Crippen molar-refractivity contribution in [2.45, 2.75) is 32.3 Å². The summed E-state index contributed by atoms with van der Waals surface area (Å²) in [5.74, 6) is 0. The number of rotatable bonds is 2. The highest BCUT2D eigenvalue weighted by Crippen LogP contribution is 2.33. The van der Waals surface area contributed by atoms with E-state index in [-0.39, 0.29) is 6.10 Å². The first-order valence-electron chi connectivity index (χ1n) is 5.81. The maximum absolute atomic E-state index is 5.60. The monoisotopic (exact) mass is 223 g/mol. The summed E-state index contributed by atoms with van der Waals surface area (Å²) in [4.78, 5) is 0.